The molecule has 0 bridgehead atoms. The van der Waals surface area contributed by atoms with Crippen molar-refractivity contribution in [2.75, 3.05) is 4.90 Å². The van der Waals surface area contributed by atoms with Crippen molar-refractivity contribution in [2.45, 2.75) is 6.10 Å². The Hall–Kier alpha value is -2.54. The number of benzene rings is 2. The van der Waals surface area contributed by atoms with E-state index in [-0.39, 0.29) is 5.82 Å². The summed E-state index contributed by atoms with van der Waals surface area (Å²) >= 11 is 3.32. The van der Waals surface area contributed by atoms with Gasteiger partial charge in [0.05, 0.1) is 5.69 Å². The van der Waals surface area contributed by atoms with E-state index in [1.165, 1.54) is 24.3 Å². The molecule has 0 aliphatic carbocycles. The molecular weight excluding hydrogens is 379 g/mol. The number of nitrogens with zero attached hydrogens (tertiary/aromatic N) is 2. The summed E-state index contributed by atoms with van der Waals surface area (Å²) in [6.45, 7) is 0. The van der Waals surface area contributed by atoms with Crippen LogP contribution in [0.3, 0.4) is 0 Å². The lowest BCUT2D eigenvalue weighted by Gasteiger charge is -2.15. The van der Waals surface area contributed by atoms with Crippen LogP contribution in [0.25, 0.3) is 0 Å². The predicted octanol–water partition coefficient (Wildman–Crippen LogP) is 2.88. The highest BCUT2D eigenvalue weighted by molar-refractivity contribution is 9.10. The highest BCUT2D eigenvalue weighted by Gasteiger charge is 2.56. The van der Waals surface area contributed by atoms with Crippen LogP contribution in [-0.4, -0.2) is 23.6 Å². The number of carbonyl (C=O) groups is 2. The topological polar surface area (TPSA) is 59.0 Å². The lowest BCUT2D eigenvalue weighted by Crippen LogP contribution is -2.33. The zero-order valence-electron chi connectivity index (χ0n) is 12.1. The first-order chi connectivity index (χ1) is 11.6. The molecule has 2 amide bonds. The second-order valence-corrected chi connectivity index (χ2v) is 6.39. The monoisotopic (exact) mass is 388 g/mol. The zero-order valence-corrected chi connectivity index (χ0v) is 13.7. The van der Waals surface area contributed by atoms with Crippen molar-refractivity contribution in [1.82, 2.24) is 0 Å². The van der Waals surface area contributed by atoms with E-state index in [0.717, 1.165) is 9.37 Å². The summed E-state index contributed by atoms with van der Waals surface area (Å²) in [5.74, 6) is -2.05. The third-order valence-electron chi connectivity index (χ3n) is 4.04. The first-order valence-electron chi connectivity index (χ1n) is 7.19. The average Bonchev–Trinajstić information content (AvgIpc) is 3.11. The Morgan fingerprint density at radius 3 is 2.33 bits per heavy atom. The Labute approximate surface area is 144 Å². The van der Waals surface area contributed by atoms with Gasteiger partial charge in [-0.3, -0.25) is 9.59 Å². The van der Waals surface area contributed by atoms with E-state index in [1.807, 2.05) is 0 Å². The molecule has 7 heteroatoms. The Morgan fingerprint density at radius 2 is 1.67 bits per heavy atom. The summed E-state index contributed by atoms with van der Waals surface area (Å²) < 4.78 is 13.9. The first kappa shape index (κ1) is 15.0. The number of amides is 2. The third kappa shape index (κ3) is 2.24. The van der Waals surface area contributed by atoms with Crippen molar-refractivity contribution in [3.05, 3.63) is 64.4 Å². The summed E-state index contributed by atoms with van der Waals surface area (Å²) in [5, 5.41) is 3.88. The molecule has 2 aromatic rings. The molecule has 2 aliphatic rings. The van der Waals surface area contributed by atoms with Crippen LogP contribution in [0.1, 0.15) is 5.56 Å². The maximum atomic E-state index is 13.1. The van der Waals surface area contributed by atoms with Crippen molar-refractivity contribution in [3.8, 4) is 0 Å². The second-order valence-electron chi connectivity index (χ2n) is 5.48. The highest BCUT2D eigenvalue weighted by atomic mass is 79.9. The fraction of sp³-hybridized carbons (Fsp3) is 0.118. The molecular formula is C17H10BrFN2O3. The third-order valence-corrected chi connectivity index (χ3v) is 4.57. The Balaban J connectivity index is 1.69. The standard InChI is InChI=1S/C17H10BrFN2O3/c18-10-3-7-12(8-4-10)21-16(22)13-14(20-24-15(13)17(21)23)9-1-5-11(19)6-2-9/h1-8,13,15H/t13-,15+/m1/s1. The van der Waals surface area contributed by atoms with Crippen LogP contribution in [0.4, 0.5) is 10.1 Å². The summed E-state index contributed by atoms with van der Waals surface area (Å²) in [6, 6.07) is 12.4. The summed E-state index contributed by atoms with van der Waals surface area (Å²) in [7, 11) is 0. The Bertz CT molecular complexity index is 864. The van der Waals surface area contributed by atoms with Crippen LogP contribution in [0.15, 0.2) is 58.2 Å². The fourth-order valence-electron chi connectivity index (χ4n) is 2.88. The molecule has 2 heterocycles. The lowest BCUT2D eigenvalue weighted by molar-refractivity contribution is -0.126. The number of carbonyl (C=O) groups excluding carboxylic acids is 2. The van der Waals surface area contributed by atoms with E-state index in [0.29, 0.717) is 17.0 Å². The van der Waals surface area contributed by atoms with Gasteiger partial charge in [0, 0.05) is 10.0 Å². The van der Waals surface area contributed by atoms with Gasteiger partial charge in [-0.1, -0.05) is 33.2 Å². The normalized spacial score (nSPS) is 22.4. The maximum absolute atomic E-state index is 13.1. The van der Waals surface area contributed by atoms with Gasteiger partial charge >= 0.3 is 0 Å². The van der Waals surface area contributed by atoms with Gasteiger partial charge in [-0.15, -0.1) is 0 Å². The van der Waals surface area contributed by atoms with E-state index < -0.39 is 23.8 Å². The van der Waals surface area contributed by atoms with Crippen molar-refractivity contribution in [1.29, 1.82) is 0 Å². The van der Waals surface area contributed by atoms with E-state index in [9.17, 15) is 14.0 Å². The van der Waals surface area contributed by atoms with Crippen LogP contribution in [-0.2, 0) is 14.4 Å². The number of anilines is 1. The maximum Gasteiger partial charge on any atom is 0.278 e. The molecule has 0 aromatic heterocycles. The summed E-state index contributed by atoms with van der Waals surface area (Å²) in [4.78, 5) is 31.7. The van der Waals surface area contributed by atoms with Gasteiger partial charge in [0.25, 0.3) is 5.91 Å². The van der Waals surface area contributed by atoms with Crippen molar-refractivity contribution >= 4 is 39.1 Å². The SMILES string of the molecule is O=C1[C@@H]2C(c3ccc(F)cc3)=NO[C@@H]2C(=O)N1c1ccc(Br)cc1. The number of hydrogen-bond donors (Lipinski definition) is 0. The molecule has 4 rings (SSSR count). The van der Waals surface area contributed by atoms with E-state index >= 15 is 0 Å². The number of imide groups is 1. The van der Waals surface area contributed by atoms with Crippen molar-refractivity contribution in [2.24, 2.45) is 11.1 Å². The number of fused-ring (bicyclic) bond motifs is 1. The molecule has 0 spiro atoms. The highest BCUT2D eigenvalue weighted by Crippen LogP contribution is 2.35. The van der Waals surface area contributed by atoms with Gasteiger partial charge in [0.15, 0.2) is 0 Å². The summed E-state index contributed by atoms with van der Waals surface area (Å²) in [6.07, 6.45) is -0.971. The average molecular weight is 389 g/mol. The van der Waals surface area contributed by atoms with Gasteiger partial charge in [-0.05, 0) is 36.4 Å². The van der Waals surface area contributed by atoms with Crippen LogP contribution in [0, 0.1) is 11.7 Å². The molecule has 1 saturated heterocycles. The van der Waals surface area contributed by atoms with Gasteiger partial charge in [0.1, 0.15) is 17.4 Å². The van der Waals surface area contributed by atoms with Crippen LogP contribution in [0.5, 0.6) is 0 Å². The molecule has 0 N–H and O–H groups in total. The first-order valence-corrected chi connectivity index (χ1v) is 7.98. The molecule has 2 atom stereocenters. The van der Waals surface area contributed by atoms with Crippen LogP contribution < -0.4 is 4.90 Å². The molecule has 120 valence electrons. The molecule has 1 fully saturated rings. The molecule has 0 unspecified atom stereocenters. The number of hydrogen-bond acceptors (Lipinski definition) is 4. The van der Waals surface area contributed by atoms with Gasteiger partial charge < -0.3 is 4.84 Å². The largest absolute Gasteiger partial charge is 0.381 e. The number of rotatable bonds is 2. The minimum atomic E-state index is -0.971. The Kier molecular flexibility index (Phi) is 3.45. The van der Waals surface area contributed by atoms with Gasteiger partial charge in [-0.25, -0.2) is 9.29 Å². The number of halogens is 2. The van der Waals surface area contributed by atoms with Gasteiger partial charge in [-0.2, -0.15) is 0 Å². The van der Waals surface area contributed by atoms with Crippen molar-refractivity contribution in [3.63, 3.8) is 0 Å². The predicted molar refractivity (Wildman–Crippen MR) is 87.9 cm³/mol. The van der Waals surface area contributed by atoms with E-state index in [4.69, 9.17) is 4.84 Å². The smallest absolute Gasteiger partial charge is 0.278 e. The van der Waals surface area contributed by atoms with Crippen LogP contribution in [0.2, 0.25) is 0 Å². The minimum absolute atomic E-state index is 0.345. The van der Waals surface area contributed by atoms with E-state index in [1.54, 1.807) is 24.3 Å². The Morgan fingerprint density at radius 1 is 1.00 bits per heavy atom. The van der Waals surface area contributed by atoms with Crippen LogP contribution >= 0.6 is 15.9 Å². The molecule has 0 saturated carbocycles. The van der Waals surface area contributed by atoms with Gasteiger partial charge in [0.2, 0.25) is 12.0 Å². The number of oxime groups is 1. The minimum Gasteiger partial charge on any atom is -0.381 e. The molecule has 24 heavy (non-hydrogen) atoms. The van der Waals surface area contributed by atoms with Crippen molar-refractivity contribution < 1.29 is 18.8 Å². The molecule has 0 radical (unpaired) electrons. The molecule has 5 nitrogen and oxygen atoms in total. The second kappa shape index (κ2) is 5.52. The quantitative estimate of drug-likeness (QED) is 0.743. The zero-order chi connectivity index (χ0) is 16.8. The fourth-order valence-corrected chi connectivity index (χ4v) is 3.15. The molecule has 2 aliphatic heterocycles. The van der Waals surface area contributed by atoms with E-state index in [2.05, 4.69) is 21.1 Å². The molecule has 2 aromatic carbocycles. The lowest BCUT2D eigenvalue weighted by atomic mass is 9.94. The summed E-state index contributed by atoms with van der Waals surface area (Å²) in [5.41, 5.74) is 1.38.